The molecule has 0 radical (unpaired) electrons. The van der Waals surface area contributed by atoms with Crippen LogP contribution in [0.3, 0.4) is 0 Å². The van der Waals surface area contributed by atoms with E-state index in [1.54, 1.807) is 0 Å². The van der Waals surface area contributed by atoms with Crippen molar-refractivity contribution in [2.75, 3.05) is 0 Å². The minimum Gasteiger partial charge on any atom is -0.454 e. The molecule has 6 heteroatoms. The lowest BCUT2D eigenvalue weighted by atomic mass is 9.82. The summed E-state index contributed by atoms with van der Waals surface area (Å²) in [5, 5.41) is -4.63. The van der Waals surface area contributed by atoms with E-state index in [-0.39, 0.29) is 0 Å². The maximum atomic E-state index is 10.4. The zero-order valence-corrected chi connectivity index (χ0v) is 32.6. The minimum absolute atomic E-state index is 0.606. The van der Waals surface area contributed by atoms with Crippen molar-refractivity contribution < 1.29 is 57.9 Å². The van der Waals surface area contributed by atoms with Gasteiger partial charge in [-0.3, -0.25) is 4.57 Å². The molecule has 0 saturated heterocycles. The van der Waals surface area contributed by atoms with Crippen molar-refractivity contribution in [1.82, 2.24) is 24.1 Å². The van der Waals surface area contributed by atoms with Gasteiger partial charge in [0, 0.05) is 57.1 Å². The fraction of sp³-hybridized carbons (Fsp3) is 0.0500. The van der Waals surface area contributed by atoms with Crippen molar-refractivity contribution in [3.05, 3.63) is 211 Å². The third-order valence-electron chi connectivity index (χ3n) is 11.1. The Kier molecular flexibility index (Phi) is 3.16. The summed E-state index contributed by atoms with van der Waals surface area (Å²) in [7, 11) is 0. The van der Waals surface area contributed by atoms with Crippen LogP contribution >= 0.6 is 0 Å². The van der Waals surface area contributed by atoms with Crippen LogP contribution in [0.15, 0.2) is 204 Å². The molecule has 1 aliphatic carbocycles. The fourth-order valence-electron chi connectivity index (χ4n) is 8.39. The molecular formula is C60H39N5O. The zero-order valence-electron chi connectivity index (χ0n) is 71.6. The molecule has 9 aromatic carbocycles. The molecule has 0 atom stereocenters. The molecule has 6 nitrogen and oxygen atoms in total. The van der Waals surface area contributed by atoms with Crippen LogP contribution in [0.2, 0.25) is 0 Å². The smallest absolute Gasteiger partial charge is 0.238 e. The average molecular weight is 885 g/mol. The van der Waals surface area contributed by atoms with Crippen molar-refractivity contribution in [3.63, 3.8) is 0 Å². The number of para-hydroxylation sites is 3. The van der Waals surface area contributed by atoms with Crippen LogP contribution in [0.5, 0.6) is 0 Å². The summed E-state index contributed by atoms with van der Waals surface area (Å²) in [4.78, 5) is 13.7. The molecule has 0 amide bonds. The Labute approximate surface area is 434 Å². The lowest BCUT2D eigenvalue weighted by molar-refractivity contribution is 0.660. The van der Waals surface area contributed by atoms with Gasteiger partial charge in [-0.05, 0) is 63.6 Å². The first-order valence-corrected chi connectivity index (χ1v) is 19.3. The van der Waals surface area contributed by atoms with Crippen molar-refractivity contribution in [1.29, 1.82) is 0 Å². The average Bonchev–Trinajstić information content (AvgIpc) is 1.51. The first-order chi connectivity index (χ1) is 48.7. The highest BCUT2D eigenvalue weighted by Crippen LogP contribution is 2.52. The number of hydrogen-bond donors (Lipinski definition) is 0. The van der Waals surface area contributed by atoms with Crippen LogP contribution in [-0.4, -0.2) is 24.1 Å². The Morgan fingerprint density at radius 3 is 1.80 bits per heavy atom. The molecule has 0 saturated carbocycles. The largest absolute Gasteiger partial charge is 0.454 e. The topological polar surface area (TPSA) is 61.7 Å². The summed E-state index contributed by atoms with van der Waals surface area (Å²) >= 11 is 0. The van der Waals surface area contributed by atoms with Gasteiger partial charge in [0.05, 0.1) is 73.0 Å². The van der Waals surface area contributed by atoms with E-state index in [0.29, 0.717) is 9.13 Å². The van der Waals surface area contributed by atoms with Crippen molar-refractivity contribution >= 4 is 65.6 Å². The molecule has 310 valence electrons. The van der Waals surface area contributed by atoms with Gasteiger partial charge in [0.25, 0.3) is 0 Å². The van der Waals surface area contributed by atoms with Crippen LogP contribution in [0.25, 0.3) is 122 Å². The standard InChI is InChI=1S/C60H39N5O/c1-60(2)47-27-13-9-25-44(47)53-45(26-17-28-48(53)60)58-61-57(37-20-7-4-8-21-37)62-59(63-58)65-50-30-15-11-23-40(50)43-33-32-42-39-22-10-14-29-49(39)64(54(42)55(43)65)51-35-38(36-18-5-3-6-19-36)34-46-41-24-12-16-31-52(41)66-56(46)51/h3-35H,1-2H3/i1D3,2D3,3D,4D,5D,6D,7D,8D,9D,10D,11D,12D,13D,14D,15D,16D,17D,18D,19D,20D,21D,22D,23D,24D,25D,26D,27D,28D,29D,30D,31D,32D,33D,34D,35D. The van der Waals surface area contributed by atoms with Gasteiger partial charge in [-0.2, -0.15) is 9.97 Å². The molecular weight excluding hydrogens is 807 g/mol. The maximum Gasteiger partial charge on any atom is 0.238 e. The number of benzene rings is 9. The first kappa shape index (κ1) is 15.3. The Hall–Kier alpha value is -8.61. The summed E-state index contributed by atoms with van der Waals surface area (Å²) in [5.41, 5.74) is -18.6. The molecule has 0 N–H and O–H groups in total. The molecule has 4 heterocycles. The van der Waals surface area contributed by atoms with E-state index in [1.165, 1.54) is 0 Å². The number of nitrogens with zero attached hydrogens (tertiary/aromatic N) is 5. The maximum absolute atomic E-state index is 10.4. The zero-order chi connectivity index (χ0) is 77.4. The molecule has 0 fully saturated rings. The lowest BCUT2D eigenvalue weighted by Gasteiger charge is -2.21. The molecule has 13 aromatic rings. The number of fused-ring (bicyclic) bond motifs is 13. The van der Waals surface area contributed by atoms with E-state index in [4.69, 9.17) is 30.5 Å². The van der Waals surface area contributed by atoms with Crippen molar-refractivity contribution in [2.45, 2.75) is 19.1 Å². The summed E-state index contributed by atoms with van der Waals surface area (Å²) in [6.45, 7) is -8.04. The highest BCUT2D eigenvalue weighted by Gasteiger charge is 2.37. The second kappa shape index (κ2) is 13.7. The Morgan fingerprint density at radius 2 is 1.05 bits per heavy atom. The van der Waals surface area contributed by atoms with Gasteiger partial charge in [0.15, 0.2) is 17.2 Å². The van der Waals surface area contributed by atoms with E-state index < -0.39 is 352 Å². The molecule has 0 unspecified atom stereocenters. The van der Waals surface area contributed by atoms with Crippen LogP contribution in [0.4, 0.5) is 0 Å². The minimum atomic E-state index is -4.02. The molecule has 4 aromatic heterocycles. The van der Waals surface area contributed by atoms with Gasteiger partial charge in [-0.25, -0.2) is 4.98 Å². The van der Waals surface area contributed by atoms with Crippen molar-refractivity contribution in [2.24, 2.45) is 0 Å². The van der Waals surface area contributed by atoms with E-state index in [1.807, 2.05) is 0 Å². The molecule has 0 bridgehead atoms. The fourth-order valence-corrected chi connectivity index (χ4v) is 8.39. The monoisotopic (exact) mass is 885 g/mol. The van der Waals surface area contributed by atoms with Gasteiger partial charge in [-0.1, -0.05) is 183 Å². The second-order valence-corrected chi connectivity index (χ2v) is 14.6. The van der Waals surface area contributed by atoms with Crippen LogP contribution in [0, 0.1) is 0 Å². The van der Waals surface area contributed by atoms with Gasteiger partial charge in [-0.15, -0.1) is 0 Å². The summed E-state index contributed by atoms with van der Waals surface area (Å²) in [5.74, 6) is -3.62. The number of rotatable bonds is 5. The van der Waals surface area contributed by atoms with Gasteiger partial charge in [0.1, 0.15) is 5.58 Å². The highest BCUT2D eigenvalue weighted by molar-refractivity contribution is 6.24. The quantitative estimate of drug-likeness (QED) is 0.173. The molecule has 14 rings (SSSR count). The molecule has 0 aliphatic heterocycles. The van der Waals surface area contributed by atoms with Gasteiger partial charge in [0.2, 0.25) is 5.95 Å². The van der Waals surface area contributed by atoms with E-state index in [0.717, 1.165) is 0 Å². The summed E-state index contributed by atoms with van der Waals surface area (Å²) in [6, 6.07) is -36.7. The molecule has 66 heavy (non-hydrogen) atoms. The second-order valence-electron chi connectivity index (χ2n) is 14.6. The van der Waals surface area contributed by atoms with Crippen LogP contribution in [-0.2, 0) is 5.41 Å². The van der Waals surface area contributed by atoms with Crippen LogP contribution in [0.1, 0.15) is 78.3 Å². The summed E-state index contributed by atoms with van der Waals surface area (Å²) < 4.78 is 368. The molecule has 1 aliphatic rings. The van der Waals surface area contributed by atoms with Gasteiger partial charge < -0.3 is 8.98 Å². The normalized spacial score (nSPS) is 21.8. The summed E-state index contributed by atoms with van der Waals surface area (Å²) in [6.07, 6.45) is 0. The lowest BCUT2D eigenvalue weighted by Crippen LogP contribution is -2.14. The third kappa shape index (κ3) is 5.15. The number of hydrogen-bond acceptors (Lipinski definition) is 4. The Balaban J connectivity index is 1.33. The third-order valence-corrected chi connectivity index (χ3v) is 11.1. The SMILES string of the molecule is [2H]c1c([2H])c([2H])c(-c2nc(-c3c([2H])c([2H])c([2H])c4c3-c3c([2H])c([2H])c([2H])c([2H])c3C4(C([2H])([2H])[2H])C([2H])([2H])[2H])nc(-n3c4c([2H])c([2H])c([2H])c([2H])c4c4c([2H])c([2H])c5c6c([2H])c([2H])c([2H])c([2H])c6n(-c6c([2H])c(-c7c([2H])c([2H])c([2H])c([2H])c7[2H])c([2H])c7c6oc6c([2H])c([2H])c([2H])c([2H])c67)c5c43)n2)c([2H])c1[2H]. The number of aromatic nitrogens is 5. The van der Waals surface area contributed by atoms with Gasteiger partial charge >= 0.3 is 0 Å². The van der Waals surface area contributed by atoms with Crippen LogP contribution < -0.4 is 0 Å². The van der Waals surface area contributed by atoms with Crippen molar-refractivity contribution in [3.8, 4) is 56.7 Å². The predicted molar refractivity (Wildman–Crippen MR) is 270 cm³/mol. The highest BCUT2D eigenvalue weighted by atomic mass is 16.3. The molecule has 0 spiro atoms. The first-order valence-electron chi connectivity index (χ1n) is 38.8. The van der Waals surface area contributed by atoms with E-state index >= 15 is 0 Å². The van der Waals surface area contributed by atoms with E-state index in [9.17, 15) is 27.4 Å². The van der Waals surface area contributed by atoms with E-state index in [2.05, 4.69) is 15.0 Å². The Morgan fingerprint density at radius 1 is 0.455 bits per heavy atom. The number of furan rings is 1. The Bertz CT molecular complexity index is 6290. The predicted octanol–water partition coefficient (Wildman–Crippen LogP) is 15.3.